The molecule has 0 unspecified atom stereocenters. The van der Waals surface area contributed by atoms with Gasteiger partial charge >= 0.3 is 0 Å². The van der Waals surface area contributed by atoms with E-state index in [1.807, 2.05) is 18.0 Å². The van der Waals surface area contributed by atoms with E-state index in [-0.39, 0.29) is 5.82 Å². The Labute approximate surface area is 118 Å². The average Bonchev–Trinajstić information content (AvgIpc) is 2.35. The van der Waals surface area contributed by atoms with Crippen molar-refractivity contribution in [3.05, 3.63) is 58.9 Å². The number of aryl methyl sites for hydroxylation is 2. The van der Waals surface area contributed by atoms with Crippen LogP contribution in [-0.4, -0.2) is 7.05 Å². The average molecular weight is 278 g/mol. The highest BCUT2D eigenvalue weighted by Gasteiger charge is 2.08. The molecule has 0 heterocycles. The van der Waals surface area contributed by atoms with Gasteiger partial charge in [-0.2, -0.15) is 0 Å². The number of halogens is 2. The van der Waals surface area contributed by atoms with Gasteiger partial charge in [-0.3, -0.25) is 0 Å². The molecule has 0 aromatic heterocycles. The lowest BCUT2D eigenvalue weighted by atomic mass is 10.1. The second-order valence-electron chi connectivity index (χ2n) is 4.86. The molecule has 3 heteroatoms. The lowest BCUT2D eigenvalue weighted by Gasteiger charge is -2.21. The van der Waals surface area contributed by atoms with Gasteiger partial charge in [-0.25, -0.2) is 4.39 Å². The Hall–Kier alpha value is -1.54. The smallest absolute Gasteiger partial charge is 0.125 e. The molecule has 2 aromatic carbocycles. The van der Waals surface area contributed by atoms with E-state index in [0.29, 0.717) is 5.88 Å². The molecule has 0 fully saturated rings. The van der Waals surface area contributed by atoms with Crippen LogP contribution in [-0.2, 0) is 5.88 Å². The highest BCUT2D eigenvalue weighted by Crippen LogP contribution is 2.27. The molecule has 0 aliphatic heterocycles. The van der Waals surface area contributed by atoms with Gasteiger partial charge in [0.1, 0.15) is 5.82 Å². The normalized spacial score (nSPS) is 10.6. The van der Waals surface area contributed by atoms with Gasteiger partial charge in [0.05, 0.1) is 0 Å². The maximum Gasteiger partial charge on any atom is 0.125 e. The van der Waals surface area contributed by atoms with Crippen LogP contribution in [0.15, 0.2) is 36.4 Å². The standard InChI is InChI=1S/C16H17ClFN/c1-11-4-12(2)6-15(5-11)19(3)16-8-13(10-17)7-14(18)9-16/h4-9H,10H2,1-3H3. The molecule has 0 aliphatic carbocycles. The van der Waals surface area contributed by atoms with E-state index < -0.39 is 0 Å². The van der Waals surface area contributed by atoms with E-state index in [1.54, 1.807) is 0 Å². The highest BCUT2D eigenvalue weighted by atomic mass is 35.5. The molecule has 0 spiro atoms. The maximum absolute atomic E-state index is 13.6. The number of benzene rings is 2. The number of hydrogen-bond donors (Lipinski definition) is 0. The van der Waals surface area contributed by atoms with Crippen LogP contribution in [0.5, 0.6) is 0 Å². The molecule has 19 heavy (non-hydrogen) atoms. The molecule has 0 amide bonds. The van der Waals surface area contributed by atoms with Crippen molar-refractivity contribution in [2.45, 2.75) is 19.7 Å². The minimum absolute atomic E-state index is 0.260. The minimum Gasteiger partial charge on any atom is -0.345 e. The number of rotatable bonds is 3. The first-order valence-electron chi connectivity index (χ1n) is 6.17. The molecule has 100 valence electrons. The van der Waals surface area contributed by atoms with Crippen molar-refractivity contribution in [2.24, 2.45) is 0 Å². The van der Waals surface area contributed by atoms with E-state index in [1.165, 1.54) is 23.3 Å². The molecule has 2 aromatic rings. The van der Waals surface area contributed by atoms with Crippen molar-refractivity contribution in [1.29, 1.82) is 0 Å². The van der Waals surface area contributed by atoms with Crippen LogP contribution in [0.25, 0.3) is 0 Å². The Morgan fingerprint density at radius 1 is 0.947 bits per heavy atom. The van der Waals surface area contributed by atoms with Crippen LogP contribution >= 0.6 is 11.6 Å². The zero-order chi connectivity index (χ0) is 14.0. The molecule has 0 radical (unpaired) electrons. The van der Waals surface area contributed by atoms with E-state index >= 15 is 0 Å². The minimum atomic E-state index is -0.260. The van der Waals surface area contributed by atoms with E-state index in [4.69, 9.17) is 11.6 Å². The molecule has 1 nitrogen and oxygen atoms in total. The number of hydrogen-bond acceptors (Lipinski definition) is 1. The van der Waals surface area contributed by atoms with Gasteiger partial charge in [0.2, 0.25) is 0 Å². The van der Waals surface area contributed by atoms with Crippen molar-refractivity contribution in [3.63, 3.8) is 0 Å². The summed E-state index contributed by atoms with van der Waals surface area (Å²) >= 11 is 5.79. The van der Waals surface area contributed by atoms with E-state index in [0.717, 1.165) is 16.9 Å². The predicted molar refractivity (Wildman–Crippen MR) is 79.9 cm³/mol. The molecule has 2 rings (SSSR count). The third-order valence-corrected chi connectivity index (χ3v) is 3.39. The van der Waals surface area contributed by atoms with Crippen LogP contribution < -0.4 is 4.90 Å². The second-order valence-corrected chi connectivity index (χ2v) is 5.12. The summed E-state index contributed by atoms with van der Waals surface area (Å²) in [5.74, 6) is 0.0511. The summed E-state index contributed by atoms with van der Waals surface area (Å²) in [6.45, 7) is 4.11. The Morgan fingerprint density at radius 2 is 1.53 bits per heavy atom. The number of nitrogens with zero attached hydrogens (tertiary/aromatic N) is 1. The number of alkyl halides is 1. The molecular formula is C16H17ClFN. The van der Waals surface area contributed by atoms with Gasteiger partial charge in [-0.1, -0.05) is 6.07 Å². The van der Waals surface area contributed by atoms with Crippen LogP contribution in [0.2, 0.25) is 0 Å². The summed E-state index contributed by atoms with van der Waals surface area (Å²) in [5.41, 5.74) is 5.02. The molecule has 0 atom stereocenters. The Kier molecular flexibility index (Phi) is 4.11. The largest absolute Gasteiger partial charge is 0.345 e. The predicted octanol–water partition coefficient (Wildman–Crippen LogP) is 4.95. The van der Waals surface area contributed by atoms with Gasteiger partial charge < -0.3 is 4.90 Å². The summed E-state index contributed by atoms with van der Waals surface area (Å²) in [7, 11) is 1.93. The van der Waals surface area contributed by atoms with Gasteiger partial charge in [0, 0.05) is 24.3 Å². The Balaban J connectivity index is 2.43. The summed E-state index contributed by atoms with van der Waals surface area (Å²) in [5, 5.41) is 0. The Bertz CT molecular complexity index is 575. The monoisotopic (exact) mass is 277 g/mol. The van der Waals surface area contributed by atoms with Crippen LogP contribution in [0.1, 0.15) is 16.7 Å². The fourth-order valence-electron chi connectivity index (χ4n) is 2.20. The number of anilines is 2. The van der Waals surface area contributed by atoms with Crippen molar-refractivity contribution in [1.82, 2.24) is 0 Å². The Morgan fingerprint density at radius 3 is 2.11 bits per heavy atom. The third-order valence-electron chi connectivity index (χ3n) is 3.08. The first-order valence-corrected chi connectivity index (χ1v) is 6.70. The van der Waals surface area contributed by atoms with Gasteiger partial charge in [-0.15, -0.1) is 11.6 Å². The molecule has 0 saturated heterocycles. The zero-order valence-corrected chi connectivity index (χ0v) is 12.1. The lowest BCUT2D eigenvalue weighted by molar-refractivity contribution is 0.626. The first kappa shape index (κ1) is 13.9. The molecule has 0 bridgehead atoms. The second kappa shape index (κ2) is 5.62. The summed E-state index contributed by atoms with van der Waals surface area (Å²) < 4.78 is 13.6. The summed E-state index contributed by atoms with van der Waals surface area (Å²) in [6.07, 6.45) is 0. The van der Waals surface area contributed by atoms with E-state index in [2.05, 4.69) is 32.0 Å². The fraction of sp³-hybridized carbons (Fsp3) is 0.250. The quantitative estimate of drug-likeness (QED) is 0.718. The summed E-state index contributed by atoms with van der Waals surface area (Å²) in [6, 6.07) is 11.2. The lowest BCUT2D eigenvalue weighted by Crippen LogP contribution is -2.10. The molecule has 0 saturated carbocycles. The topological polar surface area (TPSA) is 3.24 Å². The third kappa shape index (κ3) is 3.27. The van der Waals surface area contributed by atoms with Crippen LogP contribution in [0.4, 0.5) is 15.8 Å². The fourth-order valence-corrected chi connectivity index (χ4v) is 2.35. The van der Waals surface area contributed by atoms with Crippen LogP contribution in [0.3, 0.4) is 0 Å². The van der Waals surface area contributed by atoms with Crippen molar-refractivity contribution in [2.75, 3.05) is 11.9 Å². The molecule has 0 aliphatic rings. The van der Waals surface area contributed by atoms with Crippen molar-refractivity contribution >= 4 is 23.0 Å². The van der Waals surface area contributed by atoms with Gasteiger partial charge in [0.25, 0.3) is 0 Å². The maximum atomic E-state index is 13.6. The molecule has 0 N–H and O–H groups in total. The van der Waals surface area contributed by atoms with Gasteiger partial charge in [-0.05, 0) is 60.9 Å². The SMILES string of the molecule is Cc1cc(C)cc(N(C)c2cc(F)cc(CCl)c2)c1. The van der Waals surface area contributed by atoms with Crippen LogP contribution in [0, 0.1) is 19.7 Å². The summed E-state index contributed by atoms with van der Waals surface area (Å²) in [4.78, 5) is 1.97. The van der Waals surface area contributed by atoms with Gasteiger partial charge in [0.15, 0.2) is 0 Å². The van der Waals surface area contributed by atoms with E-state index in [9.17, 15) is 4.39 Å². The molecular weight excluding hydrogens is 261 g/mol. The highest BCUT2D eigenvalue weighted by molar-refractivity contribution is 6.17. The van der Waals surface area contributed by atoms with Crippen molar-refractivity contribution in [3.8, 4) is 0 Å². The van der Waals surface area contributed by atoms with Crippen molar-refractivity contribution < 1.29 is 4.39 Å². The zero-order valence-electron chi connectivity index (χ0n) is 11.4. The first-order chi connectivity index (χ1) is 8.99.